The number of nitrogens with zero attached hydrogens (tertiary/aromatic N) is 2. The van der Waals surface area contributed by atoms with Crippen LogP contribution in [-0.4, -0.2) is 45.3 Å². The second kappa shape index (κ2) is 9.99. The van der Waals surface area contributed by atoms with Gasteiger partial charge in [0.05, 0.1) is 0 Å². The van der Waals surface area contributed by atoms with Gasteiger partial charge in [-0.15, -0.1) is 0 Å². The third-order valence-corrected chi connectivity index (χ3v) is 5.21. The first-order valence-corrected chi connectivity index (χ1v) is 10.1. The fraction of sp³-hybridized carbons (Fsp3) is 0.304. The highest BCUT2D eigenvalue weighted by molar-refractivity contribution is 5.89. The van der Waals surface area contributed by atoms with E-state index in [0.29, 0.717) is 0 Å². The Morgan fingerprint density at radius 1 is 1.19 bits per heavy atom. The highest BCUT2D eigenvalue weighted by Crippen LogP contribution is 2.20. The van der Waals surface area contributed by atoms with Crippen molar-refractivity contribution in [2.24, 2.45) is 0 Å². The zero-order valence-electron chi connectivity index (χ0n) is 17.8. The number of anilines is 1. The summed E-state index contributed by atoms with van der Waals surface area (Å²) in [6.07, 6.45) is 0.431. The lowest BCUT2D eigenvalue weighted by Gasteiger charge is -2.28. The quantitative estimate of drug-likeness (QED) is 0.454. The zero-order valence-corrected chi connectivity index (χ0v) is 17.8. The molecule has 0 unspecified atom stereocenters. The monoisotopic (exact) mass is 445 g/mol. The highest BCUT2D eigenvalue weighted by atomic mass is 19.2. The molecule has 2 aromatic carbocycles. The average Bonchev–Trinajstić information content (AvgIpc) is 2.74. The van der Waals surface area contributed by atoms with Crippen molar-refractivity contribution in [3.8, 4) is 0 Å². The first-order valence-electron chi connectivity index (χ1n) is 10.1. The lowest BCUT2D eigenvalue weighted by Crippen LogP contribution is -2.39. The number of aliphatic hydroxyl groups is 2. The van der Waals surface area contributed by atoms with Gasteiger partial charge in [0.2, 0.25) is 0 Å². The lowest BCUT2D eigenvalue weighted by molar-refractivity contribution is -0.309. The lowest BCUT2D eigenvalue weighted by atomic mass is 10.1. The van der Waals surface area contributed by atoms with E-state index in [0.717, 1.165) is 16.8 Å². The Morgan fingerprint density at radius 3 is 2.66 bits per heavy atom. The molecule has 9 heteroatoms. The first-order chi connectivity index (χ1) is 15.1. The molecule has 32 heavy (non-hydrogen) atoms. The zero-order chi connectivity index (χ0) is 23.3. The topological polar surface area (TPSA) is 94.9 Å². The molecule has 7 nitrogen and oxygen atoms in total. The molecule has 0 bridgehead atoms. The van der Waals surface area contributed by atoms with Crippen LogP contribution < -0.4 is 5.32 Å². The number of nitrogens with one attached hydrogen (secondary N) is 1. The number of amides is 1. The molecule has 0 spiro atoms. The van der Waals surface area contributed by atoms with Crippen LogP contribution in [0, 0.1) is 11.6 Å². The van der Waals surface area contributed by atoms with E-state index < -0.39 is 23.7 Å². The highest BCUT2D eigenvalue weighted by Gasteiger charge is 2.30. The Morgan fingerprint density at radius 2 is 1.91 bits per heavy atom. The van der Waals surface area contributed by atoms with E-state index in [4.69, 9.17) is 4.74 Å². The smallest absolute Gasteiger partial charge is 0.391 e. The van der Waals surface area contributed by atoms with Crippen molar-refractivity contribution in [1.82, 2.24) is 9.88 Å². The van der Waals surface area contributed by atoms with Gasteiger partial charge in [-0.1, -0.05) is 36.4 Å². The summed E-state index contributed by atoms with van der Waals surface area (Å²) < 4.78 is 32.0. The van der Waals surface area contributed by atoms with Crippen molar-refractivity contribution >= 4 is 22.7 Å². The van der Waals surface area contributed by atoms with Crippen LogP contribution in [0.3, 0.4) is 0 Å². The van der Waals surface area contributed by atoms with E-state index in [1.165, 1.54) is 12.1 Å². The molecule has 0 aliphatic rings. The van der Waals surface area contributed by atoms with Gasteiger partial charge in [-0.05, 0) is 37.9 Å². The van der Waals surface area contributed by atoms with Gasteiger partial charge in [0.1, 0.15) is 5.82 Å². The molecule has 3 N–H and O–H groups in total. The summed E-state index contributed by atoms with van der Waals surface area (Å²) in [4.78, 5) is 17.9. The van der Waals surface area contributed by atoms with Crippen LogP contribution in [-0.2, 0) is 11.3 Å². The van der Waals surface area contributed by atoms with Crippen molar-refractivity contribution in [3.63, 3.8) is 0 Å². The number of rotatable bonds is 8. The molecule has 0 fully saturated rings. The number of halogens is 2. The second-order valence-corrected chi connectivity index (χ2v) is 7.69. The largest absolute Gasteiger partial charge is 0.417 e. The maximum atomic E-state index is 13.9. The number of hydrogen-bond donors (Lipinski definition) is 3. The standard InChI is InChI=1S/C23H25F2N3O4/c1-15(28(2)14-18-8-5-9-19(24)21(18)25)10-11-23(30,31)32-22(29)27-20-12-16-6-3-4-7-17(16)13-26-20/h3-9,12-13,15,30-31H,10-11,14H2,1-2H3,(H,26,27,29)/t15-/m0/s1. The van der Waals surface area contributed by atoms with Crippen LogP contribution >= 0.6 is 0 Å². The van der Waals surface area contributed by atoms with Gasteiger partial charge < -0.3 is 14.9 Å². The molecule has 1 amide bonds. The minimum Gasteiger partial charge on any atom is -0.391 e. The molecule has 0 aliphatic carbocycles. The number of carbonyl (C=O) groups is 1. The Bertz CT molecular complexity index is 1090. The van der Waals surface area contributed by atoms with Crippen molar-refractivity contribution in [2.45, 2.75) is 38.3 Å². The summed E-state index contributed by atoms with van der Waals surface area (Å²) in [6, 6.07) is 12.8. The van der Waals surface area contributed by atoms with Gasteiger partial charge >= 0.3 is 12.1 Å². The van der Waals surface area contributed by atoms with Gasteiger partial charge in [-0.2, -0.15) is 0 Å². The number of ether oxygens (including phenoxy) is 1. The molecule has 1 atom stereocenters. The normalized spacial score (nSPS) is 12.7. The van der Waals surface area contributed by atoms with Gasteiger partial charge in [0.15, 0.2) is 11.6 Å². The van der Waals surface area contributed by atoms with Crippen molar-refractivity contribution in [2.75, 3.05) is 12.4 Å². The SMILES string of the molecule is C[C@@H](CCC(O)(O)OC(=O)Nc1cc2ccccc2cn1)N(C)Cc1cccc(F)c1F. The maximum Gasteiger partial charge on any atom is 0.417 e. The predicted octanol–water partition coefficient (Wildman–Crippen LogP) is 4.00. The molecule has 0 radical (unpaired) electrons. The molecule has 1 aromatic heterocycles. The molecule has 3 aromatic rings. The van der Waals surface area contributed by atoms with Crippen LogP contribution in [0.1, 0.15) is 25.3 Å². The van der Waals surface area contributed by atoms with E-state index in [1.54, 1.807) is 31.1 Å². The molecule has 0 saturated carbocycles. The molecular formula is C23H25F2N3O4. The molecular weight excluding hydrogens is 420 g/mol. The summed E-state index contributed by atoms with van der Waals surface area (Å²) in [6.45, 7) is 1.91. The Kier molecular flexibility index (Phi) is 7.34. The van der Waals surface area contributed by atoms with E-state index in [1.807, 2.05) is 24.3 Å². The third kappa shape index (κ3) is 6.19. The fourth-order valence-corrected chi connectivity index (χ4v) is 3.19. The fourth-order valence-electron chi connectivity index (χ4n) is 3.19. The number of fused-ring (bicyclic) bond motifs is 1. The van der Waals surface area contributed by atoms with Crippen molar-refractivity contribution < 1.29 is 28.5 Å². The second-order valence-electron chi connectivity index (χ2n) is 7.69. The van der Waals surface area contributed by atoms with Gasteiger partial charge in [-0.25, -0.2) is 18.6 Å². The third-order valence-electron chi connectivity index (χ3n) is 5.21. The van der Waals surface area contributed by atoms with Crippen LogP contribution in [0.2, 0.25) is 0 Å². The van der Waals surface area contributed by atoms with Crippen LogP contribution in [0.4, 0.5) is 19.4 Å². The Labute approximate surface area is 184 Å². The van der Waals surface area contributed by atoms with Gasteiger partial charge in [0, 0.05) is 36.2 Å². The number of pyridine rings is 1. The summed E-state index contributed by atoms with van der Waals surface area (Å²) in [5, 5.41) is 24.2. The summed E-state index contributed by atoms with van der Waals surface area (Å²) >= 11 is 0. The van der Waals surface area contributed by atoms with Crippen molar-refractivity contribution in [1.29, 1.82) is 0 Å². The number of benzene rings is 2. The molecule has 1 heterocycles. The maximum absolute atomic E-state index is 13.9. The minimum atomic E-state index is -2.71. The molecule has 0 aliphatic heterocycles. The van der Waals surface area contributed by atoms with E-state index in [2.05, 4.69) is 10.3 Å². The van der Waals surface area contributed by atoms with Gasteiger partial charge in [0.25, 0.3) is 0 Å². The number of hydrogen-bond acceptors (Lipinski definition) is 6. The van der Waals surface area contributed by atoms with Crippen LogP contribution in [0.15, 0.2) is 54.7 Å². The van der Waals surface area contributed by atoms with Crippen LogP contribution in [0.25, 0.3) is 10.8 Å². The van der Waals surface area contributed by atoms with Crippen LogP contribution in [0.5, 0.6) is 0 Å². The predicted molar refractivity (Wildman–Crippen MR) is 116 cm³/mol. The average molecular weight is 445 g/mol. The molecule has 170 valence electrons. The minimum absolute atomic E-state index is 0.129. The first kappa shape index (κ1) is 23.5. The number of carbonyl (C=O) groups excluding carboxylic acids is 1. The summed E-state index contributed by atoms with van der Waals surface area (Å²) in [5.41, 5.74) is 0.192. The number of aromatic nitrogens is 1. The summed E-state index contributed by atoms with van der Waals surface area (Å²) in [5.74, 6) is -4.34. The molecule has 0 saturated heterocycles. The molecule has 3 rings (SSSR count). The summed E-state index contributed by atoms with van der Waals surface area (Å²) in [7, 11) is 1.70. The van der Waals surface area contributed by atoms with Crippen molar-refractivity contribution in [3.05, 3.63) is 71.9 Å². The van der Waals surface area contributed by atoms with E-state index in [9.17, 15) is 23.8 Å². The Hall–Kier alpha value is -3.14. The van der Waals surface area contributed by atoms with E-state index >= 15 is 0 Å². The van der Waals surface area contributed by atoms with E-state index in [-0.39, 0.29) is 36.8 Å². The Balaban J connectivity index is 1.51. The van der Waals surface area contributed by atoms with Gasteiger partial charge in [-0.3, -0.25) is 10.2 Å².